The highest BCUT2D eigenvalue weighted by molar-refractivity contribution is 7.20. The molecule has 23 heavy (non-hydrogen) atoms. The van der Waals surface area contributed by atoms with Gasteiger partial charge in [-0.2, -0.15) is 0 Å². The Morgan fingerprint density at radius 2 is 2.26 bits per heavy atom. The van der Waals surface area contributed by atoms with Gasteiger partial charge in [0, 0.05) is 35.4 Å². The predicted molar refractivity (Wildman–Crippen MR) is 86.8 cm³/mol. The minimum Gasteiger partial charge on any atom is -0.465 e. The number of methoxy groups -OCH3 is 1. The van der Waals surface area contributed by atoms with Crippen LogP contribution in [0.15, 0.2) is 18.3 Å². The van der Waals surface area contributed by atoms with E-state index in [4.69, 9.17) is 4.74 Å². The van der Waals surface area contributed by atoms with Crippen LogP contribution in [0.1, 0.15) is 26.6 Å². The number of thiophene rings is 1. The quantitative estimate of drug-likeness (QED) is 0.864. The molecule has 2 aliphatic rings. The van der Waals surface area contributed by atoms with E-state index in [9.17, 15) is 9.59 Å². The molecule has 2 aromatic rings. The molecule has 3 unspecified atom stereocenters. The lowest BCUT2D eigenvalue weighted by Gasteiger charge is -2.22. The van der Waals surface area contributed by atoms with E-state index in [0.29, 0.717) is 16.5 Å². The number of ether oxygens (including phenoxy) is 1. The first-order valence-corrected chi connectivity index (χ1v) is 8.47. The molecule has 4 rings (SSSR count). The maximum atomic E-state index is 12.4. The highest BCUT2D eigenvalue weighted by Crippen LogP contribution is 2.29. The fourth-order valence-corrected chi connectivity index (χ4v) is 4.44. The van der Waals surface area contributed by atoms with Gasteiger partial charge in [0.1, 0.15) is 10.6 Å². The van der Waals surface area contributed by atoms with Gasteiger partial charge in [0.25, 0.3) is 5.91 Å². The fourth-order valence-electron chi connectivity index (χ4n) is 3.45. The summed E-state index contributed by atoms with van der Waals surface area (Å²) in [7, 11) is 1.36. The number of piperidine rings is 1. The Bertz CT molecular complexity index is 788. The van der Waals surface area contributed by atoms with Crippen LogP contribution in [0.2, 0.25) is 0 Å². The van der Waals surface area contributed by atoms with E-state index in [0.717, 1.165) is 36.1 Å². The number of hydrogen-bond acceptors (Lipinski definition) is 6. The summed E-state index contributed by atoms with van der Waals surface area (Å²) in [4.78, 5) is 31.2. The number of esters is 1. The molecule has 2 fully saturated rings. The summed E-state index contributed by atoms with van der Waals surface area (Å²) in [5.41, 5.74) is 0.397. The molecule has 6 nitrogen and oxygen atoms in total. The van der Waals surface area contributed by atoms with Crippen molar-refractivity contribution in [2.75, 3.05) is 26.7 Å². The van der Waals surface area contributed by atoms with E-state index >= 15 is 0 Å². The zero-order valence-corrected chi connectivity index (χ0v) is 13.6. The number of carbonyl (C=O) groups is 2. The van der Waals surface area contributed by atoms with Gasteiger partial charge in [-0.25, -0.2) is 4.79 Å². The lowest BCUT2D eigenvalue weighted by molar-refractivity contribution is 0.0606. The second kappa shape index (κ2) is 5.58. The van der Waals surface area contributed by atoms with E-state index < -0.39 is 0 Å². The lowest BCUT2D eigenvalue weighted by Crippen LogP contribution is -2.43. The molecule has 2 bridgehead atoms. The van der Waals surface area contributed by atoms with Crippen LogP contribution in [0.5, 0.6) is 0 Å². The van der Waals surface area contributed by atoms with Gasteiger partial charge in [-0.15, -0.1) is 11.3 Å². The Labute approximate surface area is 137 Å². The Balaban J connectivity index is 1.54. The van der Waals surface area contributed by atoms with Crippen LogP contribution in [0, 0.1) is 5.92 Å². The minimum absolute atomic E-state index is 0.140. The maximum absolute atomic E-state index is 12.4. The Morgan fingerprint density at radius 1 is 1.39 bits per heavy atom. The summed E-state index contributed by atoms with van der Waals surface area (Å²) < 4.78 is 5.59. The summed E-state index contributed by atoms with van der Waals surface area (Å²) in [6.07, 6.45) is 2.79. The van der Waals surface area contributed by atoms with Crippen molar-refractivity contribution in [1.29, 1.82) is 0 Å². The number of nitrogens with zero attached hydrogens (tertiary/aromatic N) is 2. The molecule has 1 N–H and O–H groups in total. The average Bonchev–Trinajstić information content (AvgIpc) is 3.27. The Kier molecular flexibility index (Phi) is 3.54. The summed E-state index contributed by atoms with van der Waals surface area (Å²) in [6.45, 7) is 3.17. The number of carbonyl (C=O) groups excluding carboxylic acids is 2. The standard InChI is InChI=1S/C16H17N3O3S/c1-22-16(21)14-4-10-6-17-11(5-13(10)23-14)15(20)18-12-8-19-3-2-9(12)7-19/h4-6,9,12H,2-3,7-8H2,1H3,(H,18,20). The molecule has 2 aromatic heterocycles. The molecule has 2 saturated heterocycles. The van der Waals surface area contributed by atoms with Gasteiger partial charge in [-0.1, -0.05) is 0 Å². The first kappa shape index (κ1) is 14.6. The van der Waals surface area contributed by atoms with E-state index in [1.165, 1.54) is 18.4 Å². The van der Waals surface area contributed by atoms with Gasteiger partial charge in [0.2, 0.25) is 0 Å². The molecule has 120 valence electrons. The van der Waals surface area contributed by atoms with Crippen molar-refractivity contribution in [2.24, 2.45) is 5.92 Å². The third-order valence-electron chi connectivity index (χ3n) is 4.67. The average molecular weight is 331 g/mol. The summed E-state index contributed by atoms with van der Waals surface area (Å²) in [6, 6.07) is 3.71. The highest BCUT2D eigenvalue weighted by atomic mass is 32.1. The second-order valence-electron chi connectivity index (χ2n) is 6.10. The van der Waals surface area contributed by atoms with Crippen LogP contribution in [0.4, 0.5) is 0 Å². The SMILES string of the molecule is COC(=O)c1cc2cnc(C(=O)NC3CN4CCC3C4)cc2s1. The maximum Gasteiger partial charge on any atom is 0.348 e. The lowest BCUT2D eigenvalue weighted by atomic mass is 10.00. The van der Waals surface area contributed by atoms with Crippen molar-refractivity contribution < 1.29 is 14.3 Å². The van der Waals surface area contributed by atoms with E-state index in [2.05, 4.69) is 15.2 Å². The second-order valence-corrected chi connectivity index (χ2v) is 7.18. The van der Waals surface area contributed by atoms with Crippen LogP contribution >= 0.6 is 11.3 Å². The Hall–Kier alpha value is -1.99. The van der Waals surface area contributed by atoms with Crippen molar-refractivity contribution >= 4 is 33.3 Å². The molecule has 7 heteroatoms. The molecule has 0 spiro atoms. The smallest absolute Gasteiger partial charge is 0.348 e. The largest absolute Gasteiger partial charge is 0.465 e. The van der Waals surface area contributed by atoms with Crippen molar-refractivity contribution in [3.05, 3.63) is 28.9 Å². The topological polar surface area (TPSA) is 71.5 Å². The van der Waals surface area contributed by atoms with Gasteiger partial charge in [-0.05, 0) is 31.0 Å². The van der Waals surface area contributed by atoms with Gasteiger partial charge in [0.15, 0.2) is 0 Å². The molecule has 0 saturated carbocycles. The molecule has 0 radical (unpaired) electrons. The molecule has 0 aliphatic carbocycles. The van der Waals surface area contributed by atoms with Crippen molar-refractivity contribution in [3.63, 3.8) is 0 Å². The van der Waals surface area contributed by atoms with Crippen molar-refractivity contribution in [2.45, 2.75) is 12.5 Å². The molecule has 2 aliphatic heterocycles. The molecule has 4 heterocycles. The van der Waals surface area contributed by atoms with Crippen LogP contribution in [-0.4, -0.2) is 54.5 Å². The highest BCUT2D eigenvalue weighted by Gasteiger charge is 2.38. The summed E-state index contributed by atoms with van der Waals surface area (Å²) in [5, 5.41) is 3.95. The molecular weight excluding hydrogens is 314 g/mol. The fraction of sp³-hybridized carbons (Fsp3) is 0.438. The molecular formula is C16H17N3O3S. The zero-order chi connectivity index (χ0) is 16.0. The van der Waals surface area contributed by atoms with E-state index in [-0.39, 0.29) is 17.9 Å². The number of rotatable bonds is 3. The first-order chi connectivity index (χ1) is 11.1. The van der Waals surface area contributed by atoms with E-state index in [1.54, 1.807) is 18.3 Å². The molecule has 0 aromatic carbocycles. The van der Waals surface area contributed by atoms with E-state index in [1.807, 2.05) is 0 Å². The van der Waals surface area contributed by atoms with Crippen LogP contribution in [0.3, 0.4) is 0 Å². The number of aromatic nitrogens is 1. The Morgan fingerprint density at radius 3 is 2.96 bits per heavy atom. The third-order valence-corrected chi connectivity index (χ3v) is 5.75. The van der Waals surface area contributed by atoms with Gasteiger partial charge < -0.3 is 15.0 Å². The van der Waals surface area contributed by atoms with Crippen molar-refractivity contribution in [3.8, 4) is 0 Å². The molecule has 1 amide bonds. The van der Waals surface area contributed by atoms with Gasteiger partial charge in [0.05, 0.1) is 7.11 Å². The van der Waals surface area contributed by atoms with Crippen LogP contribution in [-0.2, 0) is 4.74 Å². The van der Waals surface area contributed by atoms with Crippen molar-refractivity contribution in [1.82, 2.24) is 15.2 Å². The third kappa shape index (κ3) is 2.60. The first-order valence-electron chi connectivity index (χ1n) is 7.65. The minimum atomic E-state index is -0.367. The number of hydrogen-bond donors (Lipinski definition) is 1. The zero-order valence-electron chi connectivity index (χ0n) is 12.7. The summed E-state index contributed by atoms with van der Waals surface area (Å²) >= 11 is 1.31. The number of amides is 1. The predicted octanol–water partition coefficient (Wildman–Crippen LogP) is 1.52. The number of fused-ring (bicyclic) bond motifs is 3. The van der Waals surface area contributed by atoms with Crippen LogP contribution in [0.25, 0.3) is 10.1 Å². The monoisotopic (exact) mass is 331 g/mol. The van der Waals surface area contributed by atoms with Gasteiger partial charge in [-0.3, -0.25) is 9.78 Å². The number of nitrogens with one attached hydrogen (secondary N) is 1. The number of pyridine rings is 1. The normalized spacial score (nSPS) is 25.7. The van der Waals surface area contributed by atoms with Crippen LogP contribution < -0.4 is 5.32 Å². The summed E-state index contributed by atoms with van der Waals surface area (Å²) in [5.74, 6) is 0.0576. The molecule has 3 atom stereocenters. The van der Waals surface area contributed by atoms with Gasteiger partial charge >= 0.3 is 5.97 Å².